The molecule has 1 aromatic heterocycles. The first-order valence-electron chi connectivity index (χ1n) is 10.2. The molecule has 1 aromatic carbocycles. The molecule has 0 amide bonds. The highest BCUT2D eigenvalue weighted by atomic mass is 79.9. The summed E-state index contributed by atoms with van der Waals surface area (Å²) in [6.45, 7) is 5.36. The molecule has 1 unspecified atom stereocenters. The first kappa shape index (κ1) is 21.7. The number of aromatic nitrogens is 1. The number of H-pyrrole nitrogens is 1. The van der Waals surface area contributed by atoms with Crippen LogP contribution in [0.2, 0.25) is 0 Å². The highest BCUT2D eigenvalue weighted by molar-refractivity contribution is 9.10. The maximum Gasteiger partial charge on any atom is 0.338 e. The summed E-state index contributed by atoms with van der Waals surface area (Å²) in [6.07, 6.45) is 1.81. The third-order valence-electron chi connectivity index (χ3n) is 5.22. The number of carbonyl (C=O) groups excluding carboxylic acids is 1. The van der Waals surface area contributed by atoms with Crippen molar-refractivity contribution in [3.63, 3.8) is 0 Å². The lowest BCUT2D eigenvalue weighted by Gasteiger charge is -2.32. The predicted octanol–water partition coefficient (Wildman–Crippen LogP) is 3.16. The van der Waals surface area contributed by atoms with Crippen molar-refractivity contribution in [3.05, 3.63) is 69.3 Å². The van der Waals surface area contributed by atoms with E-state index in [1.165, 1.54) is 12.1 Å². The van der Waals surface area contributed by atoms with Gasteiger partial charge >= 0.3 is 5.97 Å². The van der Waals surface area contributed by atoms with Gasteiger partial charge in [0.1, 0.15) is 17.7 Å². The number of ether oxygens (including phenoxy) is 2. The minimum Gasteiger partial charge on any atom is -0.463 e. The van der Waals surface area contributed by atoms with Crippen molar-refractivity contribution in [2.45, 2.75) is 13.0 Å². The summed E-state index contributed by atoms with van der Waals surface area (Å²) in [5.74, 6) is -0.190. The molecular weight excluding hydrogens is 467 g/mol. The molecule has 1 fully saturated rings. The molecular formula is C22H24BrFN4O3. The number of esters is 1. The van der Waals surface area contributed by atoms with Gasteiger partial charge in [-0.1, -0.05) is 22.0 Å². The summed E-state index contributed by atoms with van der Waals surface area (Å²) < 4.78 is 25.2. The second-order valence-electron chi connectivity index (χ2n) is 7.26. The lowest BCUT2D eigenvalue weighted by molar-refractivity contribution is -0.139. The smallest absolute Gasteiger partial charge is 0.338 e. The number of carbonyl (C=O) groups is 1. The Balaban J connectivity index is 1.81. The van der Waals surface area contributed by atoms with Gasteiger partial charge in [-0.15, -0.1) is 0 Å². The van der Waals surface area contributed by atoms with Crippen LogP contribution in [0.1, 0.15) is 24.2 Å². The Hall–Kier alpha value is -2.49. The number of hydrogen-bond acceptors (Lipinski definition) is 6. The number of nitrogens with zero attached hydrogens (tertiary/aromatic N) is 2. The molecule has 0 spiro atoms. The minimum atomic E-state index is -0.649. The van der Waals surface area contributed by atoms with E-state index >= 15 is 0 Å². The third kappa shape index (κ3) is 4.89. The Kier molecular flexibility index (Phi) is 6.84. The molecule has 2 aliphatic rings. The van der Waals surface area contributed by atoms with Crippen LogP contribution >= 0.6 is 15.9 Å². The van der Waals surface area contributed by atoms with E-state index in [9.17, 15) is 9.18 Å². The summed E-state index contributed by atoms with van der Waals surface area (Å²) in [6, 6.07) is 7.54. The fraction of sp³-hybridized carbons (Fsp3) is 0.364. The molecule has 1 atom stereocenters. The maximum atomic E-state index is 13.8. The Labute approximate surface area is 188 Å². The van der Waals surface area contributed by atoms with Gasteiger partial charge in [0, 0.05) is 36.0 Å². The third-order valence-corrected chi connectivity index (χ3v) is 5.90. The summed E-state index contributed by atoms with van der Waals surface area (Å²) >= 11 is 3.45. The SMILES string of the molecule is CCOC(=O)C1=C(CN2CCOCC2)NC(c2ccc[nH]2)=NC1c1ccc(F)cc1Br. The number of morpholine rings is 1. The van der Waals surface area contributed by atoms with Gasteiger partial charge in [0.25, 0.3) is 0 Å². The van der Waals surface area contributed by atoms with Crippen molar-refractivity contribution in [1.29, 1.82) is 0 Å². The Morgan fingerprint density at radius 1 is 1.35 bits per heavy atom. The highest BCUT2D eigenvalue weighted by Gasteiger charge is 2.34. The summed E-state index contributed by atoms with van der Waals surface area (Å²) in [5, 5.41) is 3.35. The van der Waals surface area contributed by atoms with Crippen LogP contribution in [0.5, 0.6) is 0 Å². The molecule has 164 valence electrons. The Morgan fingerprint density at radius 2 is 2.16 bits per heavy atom. The molecule has 31 heavy (non-hydrogen) atoms. The summed E-state index contributed by atoms with van der Waals surface area (Å²) in [7, 11) is 0. The molecule has 3 heterocycles. The van der Waals surface area contributed by atoms with Crippen molar-refractivity contribution >= 4 is 27.7 Å². The minimum absolute atomic E-state index is 0.248. The number of nitrogens with one attached hydrogen (secondary N) is 2. The van der Waals surface area contributed by atoms with Crippen LogP contribution in [0.15, 0.2) is 57.3 Å². The van der Waals surface area contributed by atoms with Crippen molar-refractivity contribution in [3.8, 4) is 0 Å². The van der Waals surface area contributed by atoms with Gasteiger partial charge in [-0.05, 0) is 36.8 Å². The standard InChI is InChI=1S/C22H24BrFN4O3/c1-2-31-22(29)19-18(13-28-8-10-30-11-9-28)26-21(17-4-3-7-25-17)27-20(19)15-6-5-14(24)12-16(15)23/h3-7,12,20,25H,2,8-11,13H2,1H3,(H,26,27). The molecule has 7 nitrogen and oxygen atoms in total. The van der Waals surface area contributed by atoms with E-state index in [-0.39, 0.29) is 12.4 Å². The fourth-order valence-electron chi connectivity index (χ4n) is 3.72. The normalized spacial score (nSPS) is 19.7. The average Bonchev–Trinajstić information content (AvgIpc) is 3.29. The number of benzene rings is 1. The molecule has 9 heteroatoms. The second kappa shape index (κ2) is 9.76. The van der Waals surface area contributed by atoms with Gasteiger partial charge in [0.2, 0.25) is 0 Å². The monoisotopic (exact) mass is 490 g/mol. The van der Waals surface area contributed by atoms with Crippen molar-refractivity contribution < 1.29 is 18.7 Å². The molecule has 4 rings (SSSR count). The molecule has 2 aromatic rings. The molecule has 1 saturated heterocycles. The highest BCUT2D eigenvalue weighted by Crippen LogP contribution is 2.36. The molecule has 0 saturated carbocycles. The van der Waals surface area contributed by atoms with E-state index < -0.39 is 12.0 Å². The van der Waals surface area contributed by atoms with Crippen LogP contribution < -0.4 is 5.32 Å². The zero-order chi connectivity index (χ0) is 21.8. The first-order valence-corrected chi connectivity index (χ1v) is 11.0. The molecule has 0 bridgehead atoms. The van der Waals surface area contributed by atoms with Crippen LogP contribution in [-0.4, -0.2) is 61.1 Å². The van der Waals surface area contributed by atoms with Crippen molar-refractivity contribution in [1.82, 2.24) is 15.2 Å². The first-order chi connectivity index (χ1) is 15.1. The zero-order valence-corrected chi connectivity index (χ0v) is 18.7. The topological polar surface area (TPSA) is 79.0 Å². The Bertz CT molecular complexity index is 1000. The molecule has 0 radical (unpaired) electrons. The van der Waals surface area contributed by atoms with Gasteiger partial charge in [-0.2, -0.15) is 0 Å². The van der Waals surface area contributed by atoms with Gasteiger partial charge in [-0.3, -0.25) is 9.89 Å². The average molecular weight is 491 g/mol. The van der Waals surface area contributed by atoms with Crippen LogP contribution in [0.25, 0.3) is 0 Å². The van der Waals surface area contributed by atoms with Gasteiger partial charge in [0.05, 0.1) is 31.1 Å². The second-order valence-corrected chi connectivity index (χ2v) is 8.11. The van der Waals surface area contributed by atoms with Crippen LogP contribution in [0.4, 0.5) is 4.39 Å². The Morgan fingerprint density at radius 3 is 2.84 bits per heavy atom. The quantitative estimate of drug-likeness (QED) is 0.608. The summed E-state index contributed by atoms with van der Waals surface area (Å²) in [5.41, 5.74) is 2.64. The van der Waals surface area contributed by atoms with E-state index in [0.29, 0.717) is 41.2 Å². The molecule has 0 aliphatic carbocycles. The summed E-state index contributed by atoms with van der Waals surface area (Å²) in [4.78, 5) is 23.3. The number of halogens is 2. The largest absolute Gasteiger partial charge is 0.463 e. The predicted molar refractivity (Wildman–Crippen MR) is 118 cm³/mol. The van der Waals surface area contributed by atoms with Gasteiger partial charge < -0.3 is 19.8 Å². The van der Waals surface area contributed by atoms with E-state index in [1.54, 1.807) is 13.0 Å². The maximum absolute atomic E-state index is 13.8. The van der Waals surface area contributed by atoms with Gasteiger partial charge in [0.15, 0.2) is 0 Å². The van der Waals surface area contributed by atoms with E-state index in [4.69, 9.17) is 14.5 Å². The number of hydrogen-bond donors (Lipinski definition) is 2. The van der Waals surface area contributed by atoms with E-state index in [0.717, 1.165) is 24.5 Å². The van der Waals surface area contributed by atoms with Gasteiger partial charge in [-0.25, -0.2) is 9.18 Å². The van der Waals surface area contributed by atoms with Crippen LogP contribution in [-0.2, 0) is 14.3 Å². The van der Waals surface area contributed by atoms with Crippen molar-refractivity contribution in [2.24, 2.45) is 4.99 Å². The van der Waals surface area contributed by atoms with Crippen LogP contribution in [0, 0.1) is 5.82 Å². The molecule has 2 aliphatic heterocycles. The lowest BCUT2D eigenvalue weighted by atomic mass is 9.95. The molecule has 2 N–H and O–H groups in total. The fourth-order valence-corrected chi connectivity index (χ4v) is 4.28. The number of aromatic amines is 1. The van der Waals surface area contributed by atoms with Crippen LogP contribution in [0.3, 0.4) is 0 Å². The lowest BCUT2D eigenvalue weighted by Crippen LogP contribution is -2.43. The van der Waals surface area contributed by atoms with Crippen molar-refractivity contribution in [2.75, 3.05) is 39.5 Å². The zero-order valence-electron chi connectivity index (χ0n) is 17.2. The number of aliphatic imine (C=N–C) groups is 1. The number of amidine groups is 1. The van der Waals surface area contributed by atoms with E-state index in [2.05, 4.69) is 31.1 Å². The van der Waals surface area contributed by atoms with E-state index in [1.807, 2.05) is 18.3 Å². The number of rotatable bonds is 6.